The van der Waals surface area contributed by atoms with Crippen LogP contribution in [0.4, 0.5) is 11.4 Å². The average molecular weight is 336 g/mol. The van der Waals surface area contributed by atoms with E-state index in [9.17, 15) is 13.2 Å². The summed E-state index contributed by atoms with van der Waals surface area (Å²) in [4.78, 5) is 11.8. The van der Waals surface area contributed by atoms with Crippen LogP contribution in [0.5, 0.6) is 0 Å². The summed E-state index contributed by atoms with van der Waals surface area (Å²) < 4.78 is 25.5. The standard InChI is InChI=1S/C13H21N3O3S.ClH/c1-5-20(18,19)16-11-7-6-10(8-9(11)2)15-12(17)13(3,4)14;/h6-8,16H,5,14H2,1-4H3,(H,15,17);1H. The van der Waals surface area contributed by atoms with Crippen LogP contribution in [0, 0.1) is 6.92 Å². The lowest BCUT2D eigenvalue weighted by molar-refractivity contribution is -0.120. The number of carbonyl (C=O) groups is 1. The summed E-state index contributed by atoms with van der Waals surface area (Å²) in [5.74, 6) is -0.300. The van der Waals surface area contributed by atoms with Crippen molar-refractivity contribution in [3.8, 4) is 0 Å². The Morgan fingerprint density at radius 3 is 2.33 bits per heavy atom. The normalized spacial score (nSPS) is 11.5. The molecule has 6 nitrogen and oxygen atoms in total. The van der Waals surface area contributed by atoms with Gasteiger partial charge in [0.05, 0.1) is 17.0 Å². The molecule has 1 aromatic rings. The number of benzene rings is 1. The molecule has 120 valence electrons. The molecule has 0 bridgehead atoms. The van der Waals surface area contributed by atoms with Crippen molar-refractivity contribution in [1.82, 2.24) is 0 Å². The van der Waals surface area contributed by atoms with E-state index in [-0.39, 0.29) is 24.1 Å². The van der Waals surface area contributed by atoms with Crippen LogP contribution in [0.3, 0.4) is 0 Å². The number of sulfonamides is 1. The molecule has 4 N–H and O–H groups in total. The lowest BCUT2D eigenvalue weighted by atomic mass is 10.1. The average Bonchev–Trinajstić information content (AvgIpc) is 2.31. The van der Waals surface area contributed by atoms with Gasteiger partial charge in [0, 0.05) is 5.69 Å². The molecular weight excluding hydrogens is 314 g/mol. The van der Waals surface area contributed by atoms with E-state index in [1.54, 1.807) is 45.9 Å². The number of halogens is 1. The van der Waals surface area contributed by atoms with Crippen molar-refractivity contribution in [2.75, 3.05) is 15.8 Å². The van der Waals surface area contributed by atoms with Crippen LogP contribution < -0.4 is 15.8 Å². The van der Waals surface area contributed by atoms with E-state index in [4.69, 9.17) is 5.73 Å². The molecule has 0 fully saturated rings. The number of aryl methyl sites for hydroxylation is 1. The predicted molar refractivity (Wildman–Crippen MR) is 88.4 cm³/mol. The number of amides is 1. The molecule has 0 aromatic heterocycles. The van der Waals surface area contributed by atoms with Gasteiger partial charge in [-0.2, -0.15) is 0 Å². The third-order valence-corrected chi connectivity index (χ3v) is 4.01. The fourth-order valence-electron chi connectivity index (χ4n) is 1.39. The first kappa shape index (κ1) is 19.7. The molecule has 0 radical (unpaired) electrons. The van der Waals surface area contributed by atoms with Crippen LogP contribution in [0.15, 0.2) is 18.2 Å². The molecule has 21 heavy (non-hydrogen) atoms. The van der Waals surface area contributed by atoms with Gasteiger partial charge in [0.1, 0.15) is 0 Å². The summed E-state index contributed by atoms with van der Waals surface area (Å²) in [6.07, 6.45) is 0. The molecule has 0 heterocycles. The van der Waals surface area contributed by atoms with Crippen molar-refractivity contribution in [3.63, 3.8) is 0 Å². The van der Waals surface area contributed by atoms with Crippen molar-refractivity contribution in [1.29, 1.82) is 0 Å². The van der Waals surface area contributed by atoms with Gasteiger partial charge >= 0.3 is 0 Å². The predicted octanol–water partition coefficient (Wildman–Crippen LogP) is 1.85. The highest BCUT2D eigenvalue weighted by molar-refractivity contribution is 7.92. The second-order valence-corrected chi connectivity index (χ2v) is 7.22. The third kappa shape index (κ3) is 5.91. The van der Waals surface area contributed by atoms with Gasteiger partial charge in [-0.3, -0.25) is 9.52 Å². The molecule has 8 heteroatoms. The number of nitrogens with one attached hydrogen (secondary N) is 2. The Balaban J connectivity index is 0.00000400. The highest BCUT2D eigenvalue weighted by atomic mass is 35.5. The van der Waals surface area contributed by atoms with Gasteiger partial charge in [0.25, 0.3) is 0 Å². The number of nitrogens with two attached hydrogens (primary N) is 1. The van der Waals surface area contributed by atoms with Crippen molar-refractivity contribution >= 4 is 39.7 Å². The van der Waals surface area contributed by atoms with E-state index < -0.39 is 15.6 Å². The maximum absolute atomic E-state index is 11.8. The quantitative estimate of drug-likeness (QED) is 0.764. The Kier molecular flexibility index (Phi) is 6.66. The molecule has 0 saturated heterocycles. The minimum Gasteiger partial charge on any atom is -0.324 e. The van der Waals surface area contributed by atoms with E-state index in [0.717, 1.165) is 5.56 Å². The summed E-state index contributed by atoms with van der Waals surface area (Å²) >= 11 is 0. The molecular formula is C13H22ClN3O3S. The summed E-state index contributed by atoms with van der Waals surface area (Å²) in [6, 6.07) is 4.93. The molecule has 0 aliphatic rings. The van der Waals surface area contributed by atoms with Crippen molar-refractivity contribution in [2.45, 2.75) is 33.2 Å². The fraction of sp³-hybridized carbons (Fsp3) is 0.462. The number of carbonyl (C=O) groups excluding carboxylic acids is 1. The SMILES string of the molecule is CCS(=O)(=O)Nc1ccc(NC(=O)C(C)(C)N)cc1C.Cl. The molecule has 1 rings (SSSR count). The first-order chi connectivity index (χ1) is 9.05. The second kappa shape index (κ2) is 7.11. The molecule has 1 aromatic carbocycles. The zero-order chi connectivity index (χ0) is 15.6. The van der Waals surface area contributed by atoms with Gasteiger partial charge in [-0.15, -0.1) is 12.4 Å². The topological polar surface area (TPSA) is 101 Å². The maximum Gasteiger partial charge on any atom is 0.243 e. The van der Waals surface area contributed by atoms with E-state index in [1.807, 2.05) is 0 Å². The van der Waals surface area contributed by atoms with Crippen molar-refractivity contribution in [3.05, 3.63) is 23.8 Å². The first-order valence-electron chi connectivity index (χ1n) is 6.26. The highest BCUT2D eigenvalue weighted by Crippen LogP contribution is 2.21. The van der Waals surface area contributed by atoms with Crippen LogP contribution in [-0.2, 0) is 14.8 Å². The third-order valence-electron chi connectivity index (χ3n) is 2.71. The van der Waals surface area contributed by atoms with E-state index in [0.29, 0.717) is 11.4 Å². The maximum atomic E-state index is 11.8. The molecule has 0 aliphatic carbocycles. The molecule has 0 atom stereocenters. The molecule has 1 amide bonds. The van der Waals surface area contributed by atoms with Crippen LogP contribution in [-0.4, -0.2) is 25.6 Å². The molecule has 0 aliphatic heterocycles. The van der Waals surface area contributed by atoms with Gasteiger partial charge in [-0.1, -0.05) is 0 Å². The minimum atomic E-state index is -3.31. The Morgan fingerprint density at radius 1 is 1.33 bits per heavy atom. The highest BCUT2D eigenvalue weighted by Gasteiger charge is 2.21. The van der Waals surface area contributed by atoms with E-state index in [2.05, 4.69) is 10.0 Å². The molecule has 0 spiro atoms. The Morgan fingerprint density at radius 2 is 1.90 bits per heavy atom. The Hall–Kier alpha value is -1.31. The van der Waals surface area contributed by atoms with Crippen LogP contribution in [0.25, 0.3) is 0 Å². The van der Waals surface area contributed by atoms with Gasteiger partial charge < -0.3 is 11.1 Å². The first-order valence-corrected chi connectivity index (χ1v) is 7.92. The van der Waals surface area contributed by atoms with Gasteiger partial charge in [-0.05, 0) is 51.5 Å². The number of hydrogen-bond donors (Lipinski definition) is 3. The lowest BCUT2D eigenvalue weighted by Gasteiger charge is -2.18. The smallest absolute Gasteiger partial charge is 0.243 e. The Bertz CT molecular complexity index is 610. The van der Waals surface area contributed by atoms with Crippen LogP contribution in [0.1, 0.15) is 26.3 Å². The minimum absolute atomic E-state index is 0. The zero-order valence-corrected chi connectivity index (χ0v) is 14.2. The van der Waals surface area contributed by atoms with Crippen LogP contribution in [0.2, 0.25) is 0 Å². The lowest BCUT2D eigenvalue weighted by Crippen LogP contribution is -2.45. The fourth-order valence-corrected chi connectivity index (χ4v) is 2.10. The number of hydrogen-bond acceptors (Lipinski definition) is 4. The molecule has 0 saturated carbocycles. The molecule has 0 unspecified atom stereocenters. The summed E-state index contributed by atoms with van der Waals surface area (Å²) in [5, 5.41) is 2.69. The summed E-state index contributed by atoms with van der Waals surface area (Å²) in [5.41, 5.74) is 6.51. The van der Waals surface area contributed by atoms with E-state index >= 15 is 0 Å². The zero-order valence-electron chi connectivity index (χ0n) is 12.6. The Labute approximate surface area is 132 Å². The van der Waals surface area contributed by atoms with Gasteiger partial charge in [0.15, 0.2) is 0 Å². The summed E-state index contributed by atoms with van der Waals surface area (Å²) in [7, 11) is -3.31. The summed E-state index contributed by atoms with van der Waals surface area (Å²) in [6.45, 7) is 6.55. The van der Waals surface area contributed by atoms with Gasteiger partial charge in [0.2, 0.25) is 15.9 Å². The monoisotopic (exact) mass is 335 g/mol. The number of anilines is 2. The van der Waals surface area contributed by atoms with E-state index in [1.165, 1.54) is 0 Å². The van der Waals surface area contributed by atoms with Crippen molar-refractivity contribution < 1.29 is 13.2 Å². The second-order valence-electron chi connectivity index (χ2n) is 5.21. The van der Waals surface area contributed by atoms with Gasteiger partial charge in [-0.25, -0.2) is 8.42 Å². The van der Waals surface area contributed by atoms with Crippen LogP contribution >= 0.6 is 12.4 Å². The van der Waals surface area contributed by atoms with Crippen molar-refractivity contribution in [2.24, 2.45) is 5.73 Å². The largest absolute Gasteiger partial charge is 0.324 e. The number of rotatable bonds is 5.